The molecule has 1 rings (SSSR count). The van der Waals surface area contributed by atoms with E-state index in [2.05, 4.69) is 4.74 Å². The fourth-order valence-corrected chi connectivity index (χ4v) is 1.09. The van der Waals surface area contributed by atoms with E-state index in [1.54, 1.807) is 18.2 Å². The minimum absolute atomic E-state index is 0.123. The zero-order valence-corrected chi connectivity index (χ0v) is 7.01. The lowest BCUT2D eigenvalue weighted by Crippen LogP contribution is -2.22. The molecule has 0 saturated carbocycles. The highest BCUT2D eigenvalue weighted by Crippen LogP contribution is 2.34. The SMILES string of the molecule is COC(c1ccccc1)C(F)(F)F. The Balaban J connectivity index is 2.92. The zero-order chi connectivity index (χ0) is 9.90. The van der Waals surface area contributed by atoms with Crippen molar-refractivity contribution < 1.29 is 17.9 Å². The fourth-order valence-electron chi connectivity index (χ4n) is 1.09. The maximum Gasteiger partial charge on any atom is 0.418 e. The van der Waals surface area contributed by atoms with Crippen LogP contribution in [0.3, 0.4) is 0 Å². The molecule has 4 heteroatoms. The lowest BCUT2D eigenvalue weighted by molar-refractivity contribution is -0.215. The largest absolute Gasteiger partial charge is 0.418 e. The Morgan fingerprint density at radius 1 is 1.15 bits per heavy atom. The summed E-state index contributed by atoms with van der Waals surface area (Å²) in [6.07, 6.45) is -6.18. The predicted octanol–water partition coefficient (Wildman–Crippen LogP) is 2.94. The summed E-state index contributed by atoms with van der Waals surface area (Å²) in [6, 6.07) is 7.54. The Labute approximate surface area is 74.1 Å². The maximum absolute atomic E-state index is 12.3. The van der Waals surface area contributed by atoms with Crippen LogP contribution in [0.1, 0.15) is 11.7 Å². The second-order valence-electron chi connectivity index (χ2n) is 2.57. The van der Waals surface area contributed by atoms with E-state index in [9.17, 15) is 13.2 Å². The van der Waals surface area contributed by atoms with Gasteiger partial charge in [-0.15, -0.1) is 0 Å². The fraction of sp³-hybridized carbons (Fsp3) is 0.333. The van der Waals surface area contributed by atoms with Crippen LogP contribution in [-0.2, 0) is 4.74 Å². The zero-order valence-electron chi connectivity index (χ0n) is 7.01. The summed E-state index contributed by atoms with van der Waals surface area (Å²) in [5.41, 5.74) is 0.123. The van der Waals surface area contributed by atoms with Gasteiger partial charge in [-0.1, -0.05) is 30.3 Å². The third kappa shape index (κ3) is 2.45. The molecule has 0 aromatic heterocycles. The molecule has 1 aromatic carbocycles. The number of rotatable bonds is 2. The molecule has 0 heterocycles. The van der Waals surface area contributed by atoms with Gasteiger partial charge in [0.05, 0.1) is 0 Å². The van der Waals surface area contributed by atoms with Crippen LogP contribution in [0.15, 0.2) is 30.3 Å². The number of ether oxygens (including phenoxy) is 1. The molecule has 0 amide bonds. The quantitative estimate of drug-likeness (QED) is 0.696. The highest BCUT2D eigenvalue weighted by Gasteiger charge is 2.40. The molecular formula is C9H9F3O. The highest BCUT2D eigenvalue weighted by atomic mass is 19.4. The molecular weight excluding hydrogens is 181 g/mol. The first-order valence-electron chi connectivity index (χ1n) is 3.70. The lowest BCUT2D eigenvalue weighted by Gasteiger charge is -2.18. The lowest BCUT2D eigenvalue weighted by atomic mass is 10.1. The van der Waals surface area contributed by atoms with Gasteiger partial charge in [-0.2, -0.15) is 13.2 Å². The monoisotopic (exact) mass is 190 g/mol. The summed E-state index contributed by atoms with van der Waals surface area (Å²) in [5, 5.41) is 0. The number of methoxy groups -OCH3 is 1. The Bertz CT molecular complexity index is 255. The van der Waals surface area contributed by atoms with Crippen molar-refractivity contribution in [2.75, 3.05) is 7.11 Å². The molecule has 0 aliphatic rings. The maximum atomic E-state index is 12.3. The van der Waals surface area contributed by atoms with Gasteiger partial charge >= 0.3 is 6.18 Å². The highest BCUT2D eigenvalue weighted by molar-refractivity contribution is 5.18. The summed E-state index contributed by atoms with van der Waals surface area (Å²) in [6.45, 7) is 0. The summed E-state index contributed by atoms with van der Waals surface area (Å²) in [7, 11) is 1.05. The Morgan fingerprint density at radius 2 is 1.69 bits per heavy atom. The van der Waals surface area contributed by atoms with E-state index in [-0.39, 0.29) is 5.56 Å². The van der Waals surface area contributed by atoms with Gasteiger partial charge in [0.25, 0.3) is 0 Å². The Hall–Kier alpha value is -1.03. The first-order chi connectivity index (χ1) is 6.05. The van der Waals surface area contributed by atoms with E-state index in [1.807, 2.05) is 0 Å². The van der Waals surface area contributed by atoms with Crippen LogP contribution in [0, 0.1) is 0 Å². The second kappa shape index (κ2) is 3.79. The van der Waals surface area contributed by atoms with Gasteiger partial charge in [-0.05, 0) is 5.56 Å². The molecule has 0 aliphatic carbocycles. The van der Waals surface area contributed by atoms with Gasteiger partial charge in [0.1, 0.15) is 0 Å². The Morgan fingerprint density at radius 3 is 2.08 bits per heavy atom. The van der Waals surface area contributed by atoms with E-state index in [1.165, 1.54) is 12.1 Å². The van der Waals surface area contributed by atoms with Crippen molar-refractivity contribution >= 4 is 0 Å². The van der Waals surface area contributed by atoms with E-state index >= 15 is 0 Å². The van der Waals surface area contributed by atoms with E-state index in [0.717, 1.165) is 7.11 Å². The molecule has 0 fully saturated rings. The number of hydrogen-bond donors (Lipinski definition) is 0. The van der Waals surface area contributed by atoms with Crippen LogP contribution in [0.25, 0.3) is 0 Å². The van der Waals surface area contributed by atoms with Crippen LogP contribution in [0.5, 0.6) is 0 Å². The summed E-state index contributed by atoms with van der Waals surface area (Å²) < 4.78 is 41.2. The topological polar surface area (TPSA) is 9.23 Å². The van der Waals surface area contributed by atoms with Crippen molar-refractivity contribution in [3.63, 3.8) is 0 Å². The molecule has 0 aliphatic heterocycles. The van der Waals surface area contributed by atoms with Gasteiger partial charge < -0.3 is 4.74 Å². The third-order valence-corrected chi connectivity index (χ3v) is 1.64. The van der Waals surface area contributed by atoms with Crippen molar-refractivity contribution in [1.29, 1.82) is 0 Å². The van der Waals surface area contributed by atoms with Gasteiger partial charge in [-0.25, -0.2) is 0 Å². The van der Waals surface area contributed by atoms with Crippen LogP contribution in [0.4, 0.5) is 13.2 Å². The third-order valence-electron chi connectivity index (χ3n) is 1.64. The molecule has 72 valence electrons. The van der Waals surface area contributed by atoms with E-state index in [4.69, 9.17) is 0 Å². The smallest absolute Gasteiger partial charge is 0.367 e. The molecule has 0 spiro atoms. The normalized spacial score (nSPS) is 14.2. The van der Waals surface area contributed by atoms with Gasteiger partial charge in [0.15, 0.2) is 6.10 Å². The van der Waals surface area contributed by atoms with Crippen LogP contribution in [0.2, 0.25) is 0 Å². The number of alkyl halides is 3. The minimum Gasteiger partial charge on any atom is -0.367 e. The van der Waals surface area contributed by atoms with Gasteiger partial charge in [0, 0.05) is 7.11 Å². The first-order valence-corrected chi connectivity index (χ1v) is 3.70. The standard InChI is InChI=1S/C9H9F3O/c1-13-8(9(10,11)12)7-5-3-2-4-6-7/h2-6,8H,1H3. The summed E-state index contributed by atoms with van der Waals surface area (Å²) >= 11 is 0. The average molecular weight is 190 g/mol. The molecule has 0 N–H and O–H groups in total. The van der Waals surface area contributed by atoms with Crippen molar-refractivity contribution in [2.24, 2.45) is 0 Å². The molecule has 0 radical (unpaired) electrons. The van der Waals surface area contributed by atoms with E-state index < -0.39 is 12.3 Å². The van der Waals surface area contributed by atoms with Crippen molar-refractivity contribution in [3.8, 4) is 0 Å². The number of hydrogen-bond acceptors (Lipinski definition) is 1. The molecule has 13 heavy (non-hydrogen) atoms. The molecule has 1 nitrogen and oxygen atoms in total. The van der Waals surface area contributed by atoms with Gasteiger partial charge in [0.2, 0.25) is 0 Å². The summed E-state index contributed by atoms with van der Waals surface area (Å²) in [4.78, 5) is 0. The molecule has 1 atom stereocenters. The number of halogens is 3. The van der Waals surface area contributed by atoms with Crippen molar-refractivity contribution in [1.82, 2.24) is 0 Å². The molecule has 1 aromatic rings. The number of benzene rings is 1. The van der Waals surface area contributed by atoms with Gasteiger partial charge in [-0.3, -0.25) is 0 Å². The first kappa shape index (κ1) is 10.1. The summed E-state index contributed by atoms with van der Waals surface area (Å²) in [5.74, 6) is 0. The molecule has 1 unspecified atom stereocenters. The van der Waals surface area contributed by atoms with Crippen LogP contribution >= 0.6 is 0 Å². The Kier molecular flexibility index (Phi) is 2.93. The average Bonchev–Trinajstić information content (AvgIpc) is 2.05. The van der Waals surface area contributed by atoms with Crippen molar-refractivity contribution in [3.05, 3.63) is 35.9 Å². The van der Waals surface area contributed by atoms with E-state index in [0.29, 0.717) is 0 Å². The minimum atomic E-state index is -4.35. The van der Waals surface area contributed by atoms with Crippen molar-refractivity contribution in [2.45, 2.75) is 12.3 Å². The van der Waals surface area contributed by atoms with Crippen LogP contribution < -0.4 is 0 Å². The second-order valence-corrected chi connectivity index (χ2v) is 2.57. The molecule has 0 bridgehead atoms. The predicted molar refractivity (Wildman–Crippen MR) is 42.2 cm³/mol. The molecule has 0 saturated heterocycles. The van der Waals surface area contributed by atoms with Crippen LogP contribution in [-0.4, -0.2) is 13.3 Å².